The molecule has 1 atom stereocenters. The number of nitrogens with one attached hydrogen (secondary N) is 1. The molecule has 21 heavy (non-hydrogen) atoms. The second kappa shape index (κ2) is 5.83. The Kier molecular flexibility index (Phi) is 4.06. The molecule has 1 aromatic heterocycles. The van der Waals surface area contributed by atoms with E-state index in [1.807, 2.05) is 12.1 Å². The molecule has 4 nitrogen and oxygen atoms in total. The van der Waals surface area contributed by atoms with Gasteiger partial charge in [-0.1, -0.05) is 17.7 Å². The number of nitrogens with two attached hydrogens (primary N) is 1. The third kappa shape index (κ3) is 2.86. The van der Waals surface area contributed by atoms with Gasteiger partial charge in [0.1, 0.15) is 4.88 Å². The maximum Gasteiger partial charge on any atom is 0.263 e. The number of benzene rings is 1. The van der Waals surface area contributed by atoms with Crippen LogP contribution in [0.15, 0.2) is 18.2 Å². The number of anilines is 1. The minimum absolute atomic E-state index is 0.0979. The molecule has 1 aromatic carbocycles. The number of nitrogen functional groups attached to an aromatic ring is 1. The summed E-state index contributed by atoms with van der Waals surface area (Å²) in [7, 11) is 2.10. The zero-order valence-electron chi connectivity index (χ0n) is 11.9. The summed E-state index contributed by atoms with van der Waals surface area (Å²) in [4.78, 5) is 15.2. The van der Waals surface area contributed by atoms with Crippen molar-refractivity contribution in [2.45, 2.75) is 6.42 Å². The summed E-state index contributed by atoms with van der Waals surface area (Å²) in [5, 5.41) is 4.39. The average Bonchev–Trinajstić information content (AvgIpc) is 3.01. The van der Waals surface area contributed by atoms with Crippen LogP contribution in [-0.2, 0) is 0 Å². The smallest absolute Gasteiger partial charge is 0.263 e. The molecule has 1 saturated heterocycles. The monoisotopic (exact) mass is 323 g/mol. The largest absolute Gasteiger partial charge is 0.397 e. The van der Waals surface area contributed by atoms with Crippen LogP contribution in [0.1, 0.15) is 16.1 Å². The summed E-state index contributed by atoms with van der Waals surface area (Å²) >= 11 is 7.56. The van der Waals surface area contributed by atoms with Gasteiger partial charge in [-0.15, -0.1) is 11.3 Å². The highest BCUT2D eigenvalue weighted by Gasteiger charge is 2.22. The van der Waals surface area contributed by atoms with Crippen molar-refractivity contribution in [1.29, 1.82) is 0 Å². The van der Waals surface area contributed by atoms with Crippen LogP contribution < -0.4 is 11.1 Å². The lowest BCUT2D eigenvalue weighted by atomic mass is 10.1. The molecule has 3 N–H and O–H groups in total. The lowest BCUT2D eigenvalue weighted by molar-refractivity contribution is 0.0952. The number of thiophene rings is 1. The molecule has 0 saturated carbocycles. The minimum Gasteiger partial charge on any atom is -0.397 e. The van der Waals surface area contributed by atoms with Gasteiger partial charge >= 0.3 is 0 Å². The number of halogens is 1. The Balaban J connectivity index is 1.76. The fourth-order valence-electron chi connectivity index (χ4n) is 2.81. The van der Waals surface area contributed by atoms with Gasteiger partial charge in [-0.25, -0.2) is 0 Å². The first-order valence-corrected chi connectivity index (χ1v) is 8.19. The van der Waals surface area contributed by atoms with Crippen LogP contribution in [0, 0.1) is 5.92 Å². The number of fused-ring (bicyclic) bond motifs is 1. The molecule has 112 valence electrons. The Morgan fingerprint density at radius 2 is 2.38 bits per heavy atom. The van der Waals surface area contributed by atoms with Gasteiger partial charge in [0, 0.05) is 23.2 Å². The van der Waals surface area contributed by atoms with Crippen molar-refractivity contribution >= 4 is 44.6 Å². The molecule has 2 aromatic rings. The predicted octanol–water partition coefficient (Wildman–Crippen LogP) is 2.82. The van der Waals surface area contributed by atoms with Gasteiger partial charge in [-0.05, 0) is 38.1 Å². The zero-order chi connectivity index (χ0) is 15.0. The molecule has 1 aliphatic rings. The number of hydrogen-bond donors (Lipinski definition) is 2. The highest BCUT2D eigenvalue weighted by molar-refractivity contribution is 7.21. The number of carbonyl (C=O) groups excluding carboxylic acids is 1. The van der Waals surface area contributed by atoms with E-state index in [1.54, 1.807) is 6.07 Å². The second-order valence-corrected chi connectivity index (χ2v) is 7.04. The van der Waals surface area contributed by atoms with Crippen molar-refractivity contribution < 1.29 is 4.79 Å². The number of amides is 1. The Morgan fingerprint density at radius 3 is 3.05 bits per heavy atom. The van der Waals surface area contributed by atoms with Crippen molar-refractivity contribution in [3.63, 3.8) is 0 Å². The lowest BCUT2D eigenvalue weighted by Crippen LogP contribution is -2.30. The molecule has 0 bridgehead atoms. The summed E-state index contributed by atoms with van der Waals surface area (Å²) in [6, 6.07) is 5.60. The van der Waals surface area contributed by atoms with Gasteiger partial charge in [-0.2, -0.15) is 0 Å². The van der Waals surface area contributed by atoms with Crippen molar-refractivity contribution in [3.05, 3.63) is 28.1 Å². The molecule has 1 fully saturated rings. The van der Waals surface area contributed by atoms with Gasteiger partial charge in [0.15, 0.2) is 0 Å². The van der Waals surface area contributed by atoms with Crippen LogP contribution in [0.5, 0.6) is 0 Å². The number of rotatable bonds is 3. The Hall–Kier alpha value is -1.30. The maximum absolute atomic E-state index is 12.3. The molecule has 0 aliphatic carbocycles. The second-order valence-electron chi connectivity index (χ2n) is 5.58. The zero-order valence-corrected chi connectivity index (χ0v) is 13.4. The van der Waals surface area contributed by atoms with Crippen LogP contribution >= 0.6 is 22.9 Å². The summed E-state index contributed by atoms with van der Waals surface area (Å²) in [6.07, 6.45) is 1.13. The quantitative estimate of drug-likeness (QED) is 0.913. The Bertz CT molecular complexity index is 685. The minimum atomic E-state index is -0.0979. The van der Waals surface area contributed by atoms with E-state index in [-0.39, 0.29) is 5.91 Å². The van der Waals surface area contributed by atoms with E-state index in [4.69, 9.17) is 17.3 Å². The lowest BCUT2D eigenvalue weighted by Gasteiger charge is -2.11. The van der Waals surface area contributed by atoms with Crippen LogP contribution in [0.2, 0.25) is 5.02 Å². The van der Waals surface area contributed by atoms with E-state index >= 15 is 0 Å². The first kappa shape index (κ1) is 14.6. The summed E-state index contributed by atoms with van der Waals surface area (Å²) in [6.45, 7) is 2.83. The predicted molar refractivity (Wildman–Crippen MR) is 89.2 cm³/mol. The van der Waals surface area contributed by atoms with E-state index in [1.165, 1.54) is 11.3 Å². The molecule has 2 heterocycles. The van der Waals surface area contributed by atoms with E-state index in [9.17, 15) is 4.79 Å². The fourth-order valence-corrected chi connectivity index (χ4v) is 4.21. The molecular formula is C15H18ClN3OS. The molecule has 3 rings (SSSR count). The molecule has 1 amide bonds. The third-order valence-corrected chi connectivity index (χ3v) is 5.43. The van der Waals surface area contributed by atoms with Crippen LogP contribution in [0.25, 0.3) is 10.1 Å². The van der Waals surface area contributed by atoms with Crippen molar-refractivity contribution in [2.24, 2.45) is 5.92 Å². The van der Waals surface area contributed by atoms with Crippen molar-refractivity contribution in [1.82, 2.24) is 10.2 Å². The summed E-state index contributed by atoms with van der Waals surface area (Å²) < 4.78 is 0.950. The normalized spacial score (nSPS) is 19.2. The molecule has 6 heteroatoms. The van der Waals surface area contributed by atoms with Crippen molar-refractivity contribution in [3.8, 4) is 0 Å². The van der Waals surface area contributed by atoms with E-state index in [0.29, 0.717) is 28.0 Å². The van der Waals surface area contributed by atoms with Crippen LogP contribution in [0.4, 0.5) is 5.69 Å². The summed E-state index contributed by atoms with van der Waals surface area (Å²) in [5.74, 6) is 0.428. The number of likely N-dealkylation sites (tertiary alicyclic amines) is 1. The number of nitrogens with zero attached hydrogens (tertiary/aromatic N) is 1. The molecular weight excluding hydrogens is 306 g/mol. The number of carbonyl (C=O) groups is 1. The van der Waals surface area contributed by atoms with Gasteiger partial charge in [0.2, 0.25) is 0 Å². The summed E-state index contributed by atoms with van der Waals surface area (Å²) in [5.41, 5.74) is 6.59. The molecule has 0 radical (unpaired) electrons. The highest BCUT2D eigenvalue weighted by atomic mass is 35.5. The van der Waals surface area contributed by atoms with Gasteiger partial charge in [0.05, 0.1) is 10.7 Å². The van der Waals surface area contributed by atoms with Crippen molar-refractivity contribution in [2.75, 3.05) is 32.4 Å². The topological polar surface area (TPSA) is 58.4 Å². The number of hydrogen-bond acceptors (Lipinski definition) is 4. The van der Waals surface area contributed by atoms with Gasteiger partial charge in [-0.3, -0.25) is 4.79 Å². The Labute approximate surface area is 132 Å². The van der Waals surface area contributed by atoms with E-state index < -0.39 is 0 Å². The maximum atomic E-state index is 12.3. The van der Waals surface area contributed by atoms with Gasteiger partial charge in [0.25, 0.3) is 5.91 Å². The molecule has 0 spiro atoms. The van der Waals surface area contributed by atoms with E-state index in [2.05, 4.69) is 17.3 Å². The Morgan fingerprint density at radius 1 is 1.57 bits per heavy atom. The van der Waals surface area contributed by atoms with Crippen LogP contribution in [-0.4, -0.2) is 37.5 Å². The standard InChI is InChI=1S/C15H18ClN3OS/c1-19-6-5-9(8-19)7-18-15(20)14-13(17)12-10(16)3-2-4-11(12)21-14/h2-4,9H,5-8,17H2,1H3,(H,18,20). The third-order valence-electron chi connectivity index (χ3n) is 3.95. The SMILES string of the molecule is CN1CCC(CNC(=O)c2sc3cccc(Cl)c3c2N)C1. The first-order valence-electron chi connectivity index (χ1n) is 6.99. The van der Waals surface area contributed by atoms with E-state index in [0.717, 1.165) is 29.6 Å². The highest BCUT2D eigenvalue weighted by Crippen LogP contribution is 2.37. The first-order chi connectivity index (χ1) is 10.1. The fraction of sp³-hybridized carbons (Fsp3) is 0.400. The average molecular weight is 324 g/mol. The van der Waals surface area contributed by atoms with Gasteiger partial charge < -0.3 is 16.0 Å². The molecule has 1 unspecified atom stereocenters. The van der Waals surface area contributed by atoms with Crippen LogP contribution in [0.3, 0.4) is 0 Å². The molecule has 1 aliphatic heterocycles.